The number of benzene rings is 1. The zero-order valence-corrected chi connectivity index (χ0v) is 11.0. The Balaban J connectivity index is 1.72. The van der Waals surface area contributed by atoms with E-state index in [0.29, 0.717) is 17.0 Å². The van der Waals surface area contributed by atoms with Gasteiger partial charge in [-0.25, -0.2) is 9.37 Å². The predicted octanol–water partition coefficient (Wildman–Crippen LogP) is 2.89. The van der Waals surface area contributed by atoms with E-state index >= 15 is 0 Å². The van der Waals surface area contributed by atoms with Crippen molar-refractivity contribution in [3.05, 3.63) is 28.9 Å². The van der Waals surface area contributed by atoms with Gasteiger partial charge in [0.15, 0.2) is 5.58 Å². The Morgan fingerprint density at radius 3 is 3.00 bits per heavy atom. The van der Waals surface area contributed by atoms with Gasteiger partial charge >= 0.3 is 0 Å². The summed E-state index contributed by atoms with van der Waals surface area (Å²) < 4.78 is 24.4. The van der Waals surface area contributed by atoms with Crippen molar-refractivity contribution in [3.8, 4) is 0 Å². The first kappa shape index (κ1) is 12.8. The average Bonchev–Trinajstić information content (AvgIpc) is 2.81. The van der Waals surface area contributed by atoms with Crippen molar-refractivity contribution in [2.75, 3.05) is 13.1 Å². The summed E-state index contributed by atoms with van der Waals surface area (Å²) >= 11 is 5.90. The Hall–Kier alpha value is -1.17. The van der Waals surface area contributed by atoms with E-state index < -0.39 is 5.82 Å². The number of halogens is 2. The summed E-state index contributed by atoms with van der Waals surface area (Å²) in [5.74, 6) is 0.0117. The molecule has 0 unspecified atom stereocenters. The second kappa shape index (κ2) is 5.45. The van der Waals surface area contributed by atoms with Crippen molar-refractivity contribution in [1.29, 1.82) is 0 Å². The third-order valence-corrected chi connectivity index (χ3v) is 3.46. The molecule has 2 heterocycles. The molecule has 3 rings (SSSR count). The lowest BCUT2D eigenvalue weighted by Crippen LogP contribution is -2.32. The van der Waals surface area contributed by atoms with Crippen LogP contribution < -0.4 is 5.32 Å². The molecule has 2 aromatic rings. The Labute approximate surface area is 114 Å². The fraction of sp³-hybridized carbons (Fsp3) is 0.462. The van der Waals surface area contributed by atoms with Gasteiger partial charge in [0.2, 0.25) is 5.89 Å². The van der Waals surface area contributed by atoms with Gasteiger partial charge in [-0.05, 0) is 32.0 Å². The van der Waals surface area contributed by atoms with Crippen LogP contribution in [0.3, 0.4) is 0 Å². The van der Waals surface area contributed by atoms with Crippen molar-refractivity contribution in [2.24, 2.45) is 0 Å². The van der Waals surface area contributed by atoms with E-state index in [4.69, 9.17) is 20.8 Å². The highest BCUT2D eigenvalue weighted by Crippen LogP contribution is 2.26. The molecule has 1 aromatic heterocycles. The molecule has 102 valence electrons. The Morgan fingerprint density at radius 1 is 1.42 bits per heavy atom. The molecule has 0 bridgehead atoms. The summed E-state index contributed by atoms with van der Waals surface area (Å²) in [6.45, 7) is 2.22. The number of nitrogens with zero attached hydrogens (tertiary/aromatic N) is 1. The predicted molar refractivity (Wildman–Crippen MR) is 69.7 cm³/mol. The monoisotopic (exact) mass is 284 g/mol. The first-order chi connectivity index (χ1) is 9.22. The van der Waals surface area contributed by atoms with E-state index in [1.165, 1.54) is 12.1 Å². The van der Waals surface area contributed by atoms with E-state index in [-0.39, 0.29) is 17.7 Å². The lowest BCUT2D eigenvalue weighted by atomic mass is 10.1. The van der Waals surface area contributed by atoms with Gasteiger partial charge in [-0.1, -0.05) is 11.6 Å². The van der Waals surface area contributed by atoms with Gasteiger partial charge in [0.25, 0.3) is 0 Å². The SMILES string of the molecule is Fc1cc(Cl)c2oc(COC3CCNCC3)nc2c1. The van der Waals surface area contributed by atoms with Crippen LogP contribution in [0, 0.1) is 5.82 Å². The maximum Gasteiger partial charge on any atom is 0.221 e. The largest absolute Gasteiger partial charge is 0.437 e. The fourth-order valence-electron chi connectivity index (χ4n) is 2.22. The van der Waals surface area contributed by atoms with Gasteiger partial charge in [-0.15, -0.1) is 0 Å². The van der Waals surface area contributed by atoms with Crippen LogP contribution in [0.4, 0.5) is 4.39 Å². The summed E-state index contributed by atoms with van der Waals surface area (Å²) in [6, 6.07) is 2.52. The molecule has 0 saturated carbocycles. The molecule has 19 heavy (non-hydrogen) atoms. The number of aromatic nitrogens is 1. The minimum Gasteiger partial charge on any atom is -0.437 e. The zero-order chi connectivity index (χ0) is 13.2. The molecule has 1 aromatic carbocycles. The minimum atomic E-state index is -0.420. The van der Waals surface area contributed by atoms with E-state index in [2.05, 4.69) is 10.3 Å². The topological polar surface area (TPSA) is 47.3 Å². The van der Waals surface area contributed by atoms with Crippen LogP contribution in [0.5, 0.6) is 0 Å². The summed E-state index contributed by atoms with van der Waals surface area (Å²) in [6.07, 6.45) is 2.19. The molecule has 6 heteroatoms. The maximum atomic E-state index is 13.2. The molecule has 0 radical (unpaired) electrons. The standard InChI is InChI=1S/C13H14ClFN2O2/c14-10-5-8(15)6-11-13(10)19-12(17-11)7-18-9-1-3-16-4-2-9/h5-6,9,16H,1-4,7H2. The second-order valence-corrected chi connectivity index (χ2v) is 5.01. The highest BCUT2D eigenvalue weighted by molar-refractivity contribution is 6.34. The maximum absolute atomic E-state index is 13.2. The van der Waals surface area contributed by atoms with E-state index in [1.54, 1.807) is 0 Å². The Bertz CT molecular complexity index is 581. The number of ether oxygens (including phenoxy) is 1. The van der Waals surface area contributed by atoms with Crippen molar-refractivity contribution < 1.29 is 13.5 Å². The molecule has 1 fully saturated rings. The number of hydrogen-bond donors (Lipinski definition) is 1. The van der Waals surface area contributed by atoms with E-state index in [9.17, 15) is 4.39 Å². The van der Waals surface area contributed by atoms with E-state index in [1.807, 2.05) is 0 Å². The second-order valence-electron chi connectivity index (χ2n) is 4.60. The molecule has 0 spiro atoms. The van der Waals surface area contributed by atoms with Gasteiger partial charge < -0.3 is 14.5 Å². The van der Waals surface area contributed by atoms with Crippen molar-refractivity contribution in [3.63, 3.8) is 0 Å². The smallest absolute Gasteiger partial charge is 0.221 e. The molecule has 1 aliphatic rings. The van der Waals surface area contributed by atoms with Crippen molar-refractivity contribution in [1.82, 2.24) is 10.3 Å². The Kier molecular flexibility index (Phi) is 3.68. The van der Waals surface area contributed by atoms with Gasteiger partial charge in [-0.3, -0.25) is 0 Å². The molecule has 0 aliphatic carbocycles. The summed E-state index contributed by atoms with van der Waals surface area (Å²) in [5, 5.41) is 3.50. The van der Waals surface area contributed by atoms with Gasteiger partial charge in [0.05, 0.1) is 11.1 Å². The number of oxazole rings is 1. The van der Waals surface area contributed by atoms with Crippen LogP contribution in [0.2, 0.25) is 5.02 Å². The molecule has 0 atom stereocenters. The first-order valence-electron chi connectivity index (χ1n) is 6.29. The number of piperidine rings is 1. The van der Waals surface area contributed by atoms with Crippen LogP contribution in [0.25, 0.3) is 11.1 Å². The number of hydrogen-bond acceptors (Lipinski definition) is 4. The lowest BCUT2D eigenvalue weighted by Gasteiger charge is -2.22. The van der Waals surface area contributed by atoms with Gasteiger partial charge in [-0.2, -0.15) is 0 Å². The normalized spacial score (nSPS) is 17.2. The summed E-state index contributed by atoms with van der Waals surface area (Å²) in [5.41, 5.74) is 0.834. The highest BCUT2D eigenvalue weighted by atomic mass is 35.5. The van der Waals surface area contributed by atoms with Crippen LogP contribution in [-0.4, -0.2) is 24.2 Å². The van der Waals surface area contributed by atoms with Crippen LogP contribution >= 0.6 is 11.6 Å². The van der Waals surface area contributed by atoms with Crippen LogP contribution in [0.15, 0.2) is 16.5 Å². The first-order valence-corrected chi connectivity index (χ1v) is 6.67. The molecule has 1 aliphatic heterocycles. The Morgan fingerprint density at radius 2 is 2.21 bits per heavy atom. The van der Waals surface area contributed by atoms with Gasteiger partial charge in [0, 0.05) is 6.07 Å². The molecule has 1 N–H and O–H groups in total. The summed E-state index contributed by atoms with van der Waals surface area (Å²) in [4.78, 5) is 4.19. The van der Waals surface area contributed by atoms with Crippen molar-refractivity contribution in [2.45, 2.75) is 25.6 Å². The third-order valence-electron chi connectivity index (χ3n) is 3.18. The minimum absolute atomic E-state index is 0.225. The summed E-state index contributed by atoms with van der Waals surface area (Å²) in [7, 11) is 0. The number of fused-ring (bicyclic) bond motifs is 1. The van der Waals surface area contributed by atoms with Crippen LogP contribution in [-0.2, 0) is 11.3 Å². The average molecular weight is 285 g/mol. The lowest BCUT2D eigenvalue weighted by molar-refractivity contribution is 0.0113. The molecule has 1 saturated heterocycles. The number of nitrogens with one attached hydrogen (secondary N) is 1. The van der Waals surface area contributed by atoms with Crippen LogP contribution in [0.1, 0.15) is 18.7 Å². The fourth-order valence-corrected chi connectivity index (χ4v) is 2.46. The van der Waals surface area contributed by atoms with E-state index in [0.717, 1.165) is 25.9 Å². The molecule has 0 amide bonds. The third kappa shape index (κ3) is 2.88. The van der Waals surface area contributed by atoms with Crippen molar-refractivity contribution >= 4 is 22.7 Å². The molecular formula is C13H14ClFN2O2. The highest BCUT2D eigenvalue weighted by Gasteiger charge is 2.16. The zero-order valence-electron chi connectivity index (χ0n) is 10.3. The van der Waals surface area contributed by atoms with Gasteiger partial charge in [0.1, 0.15) is 17.9 Å². The molecule has 4 nitrogen and oxygen atoms in total. The number of rotatable bonds is 3. The quantitative estimate of drug-likeness (QED) is 0.941. The molecular weight excluding hydrogens is 271 g/mol.